The Morgan fingerprint density at radius 2 is 2.08 bits per heavy atom. The van der Waals surface area contributed by atoms with Crippen LogP contribution in [0.15, 0.2) is 27.4 Å². The second-order valence-electron chi connectivity index (χ2n) is 2.52. The number of hydrogen-bond acceptors (Lipinski definition) is 2. The molecule has 0 unspecified atom stereocenters. The van der Waals surface area contributed by atoms with Crippen molar-refractivity contribution in [2.24, 2.45) is 0 Å². The molecule has 2 aromatic rings. The van der Waals surface area contributed by atoms with Crippen molar-refractivity contribution < 1.29 is 0 Å². The lowest BCUT2D eigenvalue weighted by atomic mass is 10.3. The van der Waals surface area contributed by atoms with Crippen molar-refractivity contribution in [3.8, 4) is 10.4 Å². The van der Waals surface area contributed by atoms with Crippen molar-refractivity contribution in [2.45, 2.75) is 6.92 Å². The Morgan fingerprint density at radius 1 is 1.25 bits per heavy atom. The summed E-state index contributed by atoms with van der Waals surface area (Å²) >= 11 is 7.11. The minimum absolute atomic E-state index is 1.23. The standard InChI is InChI=1S/C9H7BrS2/c1-6-2-3-8(12-6)7-4-5-11-9(7)10/h2-5H,1H3. The molecule has 12 heavy (non-hydrogen) atoms. The molecule has 0 spiro atoms. The van der Waals surface area contributed by atoms with Gasteiger partial charge in [-0.25, -0.2) is 0 Å². The Hall–Kier alpha value is -0.120. The summed E-state index contributed by atoms with van der Waals surface area (Å²) in [5.41, 5.74) is 1.32. The zero-order valence-electron chi connectivity index (χ0n) is 6.50. The lowest BCUT2D eigenvalue weighted by Crippen LogP contribution is -1.62. The van der Waals surface area contributed by atoms with E-state index in [1.165, 1.54) is 19.1 Å². The van der Waals surface area contributed by atoms with Crippen molar-refractivity contribution in [2.75, 3.05) is 0 Å². The molecular formula is C9H7BrS2. The van der Waals surface area contributed by atoms with Crippen molar-refractivity contribution >= 4 is 38.6 Å². The Bertz CT molecular complexity index is 387. The van der Waals surface area contributed by atoms with Gasteiger partial charge in [0.1, 0.15) is 0 Å². The fourth-order valence-electron chi connectivity index (χ4n) is 1.05. The molecule has 0 radical (unpaired) electrons. The van der Waals surface area contributed by atoms with E-state index in [0.29, 0.717) is 0 Å². The predicted octanol–water partition coefficient (Wildman–Crippen LogP) is 4.55. The molecule has 2 heterocycles. The van der Waals surface area contributed by atoms with Gasteiger partial charge in [-0.2, -0.15) is 0 Å². The van der Waals surface area contributed by atoms with Gasteiger partial charge in [0.15, 0.2) is 0 Å². The Balaban J connectivity index is 2.50. The second kappa shape index (κ2) is 3.32. The predicted molar refractivity (Wildman–Crippen MR) is 60.1 cm³/mol. The van der Waals surface area contributed by atoms with Gasteiger partial charge in [0.2, 0.25) is 0 Å². The zero-order valence-corrected chi connectivity index (χ0v) is 9.72. The van der Waals surface area contributed by atoms with E-state index in [1.54, 1.807) is 11.3 Å². The highest BCUT2D eigenvalue weighted by atomic mass is 79.9. The quantitative estimate of drug-likeness (QED) is 0.704. The summed E-state index contributed by atoms with van der Waals surface area (Å²) in [5.74, 6) is 0. The summed E-state index contributed by atoms with van der Waals surface area (Å²) in [4.78, 5) is 2.71. The topological polar surface area (TPSA) is 0 Å². The molecular weight excluding hydrogens is 252 g/mol. The number of aryl methyl sites for hydroxylation is 1. The van der Waals surface area contributed by atoms with Gasteiger partial charge in [-0.15, -0.1) is 22.7 Å². The summed E-state index contributed by atoms with van der Waals surface area (Å²) in [6, 6.07) is 6.48. The maximum Gasteiger partial charge on any atom is 0.0784 e. The van der Waals surface area contributed by atoms with Crippen LogP contribution in [0, 0.1) is 6.92 Å². The number of rotatable bonds is 1. The van der Waals surface area contributed by atoms with Crippen LogP contribution in [0.25, 0.3) is 10.4 Å². The Kier molecular flexibility index (Phi) is 2.35. The molecule has 2 rings (SSSR count). The van der Waals surface area contributed by atoms with E-state index in [4.69, 9.17) is 0 Å². The smallest absolute Gasteiger partial charge is 0.0784 e. The second-order valence-corrected chi connectivity index (χ2v) is 6.04. The van der Waals surface area contributed by atoms with Crippen LogP contribution in [-0.4, -0.2) is 0 Å². The van der Waals surface area contributed by atoms with Gasteiger partial charge in [-0.1, -0.05) is 0 Å². The van der Waals surface area contributed by atoms with E-state index < -0.39 is 0 Å². The molecule has 0 N–H and O–H groups in total. The molecule has 0 amide bonds. The van der Waals surface area contributed by atoms with Crippen LogP contribution in [0.5, 0.6) is 0 Å². The van der Waals surface area contributed by atoms with Crippen LogP contribution in [0.1, 0.15) is 4.88 Å². The van der Waals surface area contributed by atoms with E-state index in [-0.39, 0.29) is 0 Å². The lowest BCUT2D eigenvalue weighted by molar-refractivity contribution is 1.64. The Morgan fingerprint density at radius 3 is 2.58 bits per heavy atom. The highest BCUT2D eigenvalue weighted by molar-refractivity contribution is 9.11. The van der Waals surface area contributed by atoms with Gasteiger partial charge < -0.3 is 0 Å². The van der Waals surface area contributed by atoms with Crippen LogP contribution in [0.2, 0.25) is 0 Å². The summed E-state index contributed by atoms with van der Waals surface area (Å²) in [6.45, 7) is 2.13. The fraction of sp³-hybridized carbons (Fsp3) is 0.111. The third-order valence-corrected chi connectivity index (χ3v) is 4.34. The number of hydrogen-bond donors (Lipinski definition) is 0. The summed E-state index contributed by atoms with van der Waals surface area (Å²) in [7, 11) is 0. The van der Waals surface area contributed by atoms with Crippen LogP contribution >= 0.6 is 38.6 Å². The largest absolute Gasteiger partial charge is 0.141 e. The first-order valence-corrected chi connectivity index (χ1v) is 6.06. The van der Waals surface area contributed by atoms with Gasteiger partial charge in [-0.05, 0) is 46.4 Å². The summed E-state index contributed by atoms with van der Waals surface area (Å²) in [5, 5.41) is 2.11. The molecule has 0 nitrogen and oxygen atoms in total. The zero-order chi connectivity index (χ0) is 8.55. The first-order chi connectivity index (χ1) is 5.77. The third kappa shape index (κ3) is 1.49. The highest BCUT2D eigenvalue weighted by Crippen LogP contribution is 2.36. The van der Waals surface area contributed by atoms with E-state index in [2.05, 4.69) is 46.4 Å². The van der Waals surface area contributed by atoms with Gasteiger partial charge in [0, 0.05) is 15.3 Å². The average molecular weight is 259 g/mol. The van der Waals surface area contributed by atoms with Crippen LogP contribution in [0.3, 0.4) is 0 Å². The molecule has 62 valence electrons. The first-order valence-electron chi connectivity index (χ1n) is 3.57. The van der Waals surface area contributed by atoms with Gasteiger partial charge in [0.05, 0.1) is 3.79 Å². The van der Waals surface area contributed by atoms with Crippen molar-refractivity contribution in [1.29, 1.82) is 0 Å². The van der Waals surface area contributed by atoms with Crippen molar-refractivity contribution in [1.82, 2.24) is 0 Å². The maximum atomic E-state index is 3.54. The molecule has 0 aromatic carbocycles. The monoisotopic (exact) mass is 258 g/mol. The van der Waals surface area contributed by atoms with Crippen molar-refractivity contribution in [3.63, 3.8) is 0 Å². The van der Waals surface area contributed by atoms with Gasteiger partial charge in [-0.3, -0.25) is 0 Å². The maximum absolute atomic E-state index is 3.54. The van der Waals surface area contributed by atoms with Crippen LogP contribution in [0.4, 0.5) is 0 Å². The molecule has 0 fully saturated rings. The van der Waals surface area contributed by atoms with E-state index in [0.717, 1.165) is 0 Å². The third-order valence-electron chi connectivity index (χ3n) is 1.62. The molecule has 0 saturated carbocycles. The van der Waals surface area contributed by atoms with Crippen molar-refractivity contribution in [3.05, 3.63) is 32.2 Å². The molecule has 2 aromatic heterocycles. The molecule has 3 heteroatoms. The molecule has 0 aliphatic heterocycles. The highest BCUT2D eigenvalue weighted by Gasteiger charge is 2.05. The molecule has 0 saturated heterocycles. The number of halogens is 1. The minimum atomic E-state index is 1.23. The normalized spacial score (nSPS) is 10.5. The summed E-state index contributed by atoms with van der Waals surface area (Å²) < 4.78 is 1.23. The Labute approximate surface area is 88.0 Å². The molecule has 0 atom stereocenters. The van der Waals surface area contributed by atoms with E-state index in [1.807, 2.05) is 11.3 Å². The van der Waals surface area contributed by atoms with Crippen LogP contribution in [-0.2, 0) is 0 Å². The molecule has 0 bridgehead atoms. The average Bonchev–Trinajstić information content (AvgIpc) is 2.58. The number of thiophene rings is 2. The van der Waals surface area contributed by atoms with Crippen LogP contribution < -0.4 is 0 Å². The van der Waals surface area contributed by atoms with E-state index >= 15 is 0 Å². The molecule has 0 aliphatic carbocycles. The molecule has 0 aliphatic rings. The van der Waals surface area contributed by atoms with Gasteiger partial charge in [0.25, 0.3) is 0 Å². The summed E-state index contributed by atoms with van der Waals surface area (Å²) in [6.07, 6.45) is 0. The first kappa shape index (κ1) is 8.48. The van der Waals surface area contributed by atoms with Gasteiger partial charge >= 0.3 is 0 Å². The lowest BCUT2D eigenvalue weighted by Gasteiger charge is -1.91. The minimum Gasteiger partial charge on any atom is -0.141 e. The van der Waals surface area contributed by atoms with E-state index in [9.17, 15) is 0 Å². The SMILES string of the molecule is Cc1ccc(-c2ccsc2Br)s1. The fourth-order valence-corrected chi connectivity index (χ4v) is 3.44.